The summed E-state index contributed by atoms with van der Waals surface area (Å²) in [4.78, 5) is 0. The van der Waals surface area contributed by atoms with Gasteiger partial charge in [0.15, 0.2) is 0 Å². The van der Waals surface area contributed by atoms with Gasteiger partial charge in [-0.25, -0.2) is 0 Å². The smallest absolute Gasteiger partial charge is 0.100 e. The molecule has 1 atom stereocenters. The lowest BCUT2D eigenvalue weighted by Gasteiger charge is -1.90. The van der Waals surface area contributed by atoms with Gasteiger partial charge in [-0.1, -0.05) is 18.2 Å². The van der Waals surface area contributed by atoms with Crippen LogP contribution in [-0.2, 0) is 4.57 Å². The van der Waals surface area contributed by atoms with Crippen molar-refractivity contribution >= 4 is 7.80 Å². The molecular formula is C5H7OP. The third kappa shape index (κ3) is 1.32. The molecule has 2 heteroatoms. The van der Waals surface area contributed by atoms with Crippen molar-refractivity contribution in [2.75, 3.05) is 6.16 Å². The summed E-state index contributed by atoms with van der Waals surface area (Å²) in [5.41, 5.74) is 0. The highest BCUT2D eigenvalue weighted by atomic mass is 31.1. The molecule has 0 aromatic carbocycles. The van der Waals surface area contributed by atoms with E-state index in [1.807, 2.05) is 18.2 Å². The van der Waals surface area contributed by atoms with Gasteiger partial charge in [0.1, 0.15) is 7.80 Å². The zero-order valence-corrected chi connectivity index (χ0v) is 4.92. The maximum atomic E-state index is 10.5. The predicted molar refractivity (Wildman–Crippen MR) is 32.1 cm³/mol. The number of rotatable bonds is 0. The van der Waals surface area contributed by atoms with E-state index in [-0.39, 0.29) is 0 Å². The molecule has 1 aliphatic heterocycles. The Bertz CT molecular complexity index is 135. The van der Waals surface area contributed by atoms with Crippen LogP contribution in [0.25, 0.3) is 0 Å². The first-order valence-electron chi connectivity index (χ1n) is 2.25. The molecule has 0 spiro atoms. The molecule has 0 radical (unpaired) electrons. The van der Waals surface area contributed by atoms with Gasteiger partial charge < -0.3 is 4.57 Å². The van der Waals surface area contributed by atoms with Crippen molar-refractivity contribution in [2.24, 2.45) is 0 Å². The molecule has 1 rings (SSSR count). The Balaban J connectivity index is 2.66. The van der Waals surface area contributed by atoms with Crippen LogP contribution in [0.4, 0.5) is 0 Å². The fraction of sp³-hybridized carbons (Fsp3) is 0.200. The second-order valence-electron chi connectivity index (χ2n) is 1.46. The maximum absolute atomic E-state index is 10.5. The first kappa shape index (κ1) is 4.86. The van der Waals surface area contributed by atoms with Crippen LogP contribution in [0.1, 0.15) is 0 Å². The third-order valence-electron chi connectivity index (χ3n) is 0.848. The Hall–Kier alpha value is -0.290. The topological polar surface area (TPSA) is 17.1 Å². The lowest BCUT2D eigenvalue weighted by molar-refractivity contribution is 0.594. The Labute approximate surface area is 43.5 Å². The molecular weight excluding hydrogens is 107 g/mol. The molecule has 0 bridgehead atoms. The van der Waals surface area contributed by atoms with Crippen LogP contribution < -0.4 is 0 Å². The van der Waals surface area contributed by atoms with Crippen molar-refractivity contribution in [2.45, 2.75) is 0 Å². The van der Waals surface area contributed by atoms with E-state index in [1.54, 1.807) is 5.82 Å². The van der Waals surface area contributed by atoms with E-state index in [4.69, 9.17) is 0 Å². The molecule has 0 N–H and O–H groups in total. The molecule has 0 saturated carbocycles. The van der Waals surface area contributed by atoms with Crippen molar-refractivity contribution < 1.29 is 4.57 Å². The highest BCUT2D eigenvalue weighted by Crippen LogP contribution is 2.24. The second-order valence-corrected chi connectivity index (χ2v) is 3.13. The average molecular weight is 114 g/mol. The van der Waals surface area contributed by atoms with E-state index < -0.39 is 7.80 Å². The average Bonchev–Trinajstić information content (AvgIpc) is 1.69. The first-order valence-corrected chi connectivity index (χ1v) is 3.95. The molecule has 0 saturated heterocycles. The minimum atomic E-state index is -1.31. The molecule has 0 aliphatic carbocycles. The van der Waals surface area contributed by atoms with Crippen LogP contribution in [0, 0.1) is 0 Å². The van der Waals surface area contributed by atoms with Crippen LogP contribution in [0.3, 0.4) is 0 Å². The Kier molecular flexibility index (Phi) is 1.48. The summed E-state index contributed by atoms with van der Waals surface area (Å²) in [6.45, 7) is 0. The summed E-state index contributed by atoms with van der Waals surface area (Å²) in [6.07, 6.45) is 6.46. The summed E-state index contributed by atoms with van der Waals surface area (Å²) in [5.74, 6) is 1.77. The van der Waals surface area contributed by atoms with E-state index >= 15 is 0 Å². The Morgan fingerprint density at radius 3 is 2.57 bits per heavy atom. The Morgan fingerprint density at radius 2 is 2.29 bits per heavy atom. The van der Waals surface area contributed by atoms with Gasteiger partial charge in [0, 0.05) is 6.16 Å². The molecule has 1 aliphatic rings. The summed E-state index contributed by atoms with van der Waals surface area (Å²) in [7, 11) is -1.31. The number of hydrogen-bond donors (Lipinski definition) is 0. The normalized spacial score (nSPS) is 28.3. The van der Waals surface area contributed by atoms with Gasteiger partial charge in [-0.3, -0.25) is 0 Å². The van der Waals surface area contributed by atoms with Crippen molar-refractivity contribution in [1.29, 1.82) is 0 Å². The summed E-state index contributed by atoms with van der Waals surface area (Å²) in [5, 5.41) is 0. The molecule has 1 unspecified atom stereocenters. The molecule has 0 aromatic heterocycles. The monoisotopic (exact) mass is 114 g/mol. The van der Waals surface area contributed by atoms with Gasteiger partial charge in [0.05, 0.1) is 0 Å². The second kappa shape index (κ2) is 2.13. The Morgan fingerprint density at radius 1 is 1.43 bits per heavy atom. The largest absolute Gasteiger partial charge is 0.322 e. The molecule has 38 valence electrons. The van der Waals surface area contributed by atoms with Gasteiger partial charge >= 0.3 is 0 Å². The molecule has 1 heterocycles. The minimum absolute atomic E-state index is 0.765. The standard InChI is InChI=1S/C5H7OP/c6-7-4-2-1-3-5-7/h1-4,7H,5H2. The molecule has 0 amide bonds. The molecule has 1 nitrogen and oxygen atoms in total. The highest BCUT2D eigenvalue weighted by molar-refractivity contribution is 7.48. The zero-order valence-electron chi connectivity index (χ0n) is 3.92. The molecule has 7 heavy (non-hydrogen) atoms. The van der Waals surface area contributed by atoms with Crippen molar-refractivity contribution in [3.05, 3.63) is 24.0 Å². The quantitative estimate of drug-likeness (QED) is 0.437. The van der Waals surface area contributed by atoms with Gasteiger partial charge in [-0.05, 0) is 5.82 Å². The lowest BCUT2D eigenvalue weighted by atomic mass is 10.5. The van der Waals surface area contributed by atoms with Gasteiger partial charge in [0.25, 0.3) is 0 Å². The zero-order chi connectivity index (χ0) is 5.11. The SMILES string of the molecule is O=[PH]1C=CC=CC1. The highest BCUT2D eigenvalue weighted by Gasteiger charge is 1.89. The van der Waals surface area contributed by atoms with Crippen molar-refractivity contribution in [1.82, 2.24) is 0 Å². The van der Waals surface area contributed by atoms with E-state index in [0.29, 0.717) is 0 Å². The number of hydrogen-bond acceptors (Lipinski definition) is 1. The molecule has 0 aromatic rings. The van der Waals surface area contributed by atoms with Crippen LogP contribution in [-0.4, -0.2) is 6.16 Å². The van der Waals surface area contributed by atoms with E-state index in [1.165, 1.54) is 0 Å². The fourth-order valence-corrected chi connectivity index (χ4v) is 1.32. The summed E-state index contributed by atoms with van der Waals surface area (Å²) < 4.78 is 10.5. The van der Waals surface area contributed by atoms with E-state index in [9.17, 15) is 4.57 Å². The van der Waals surface area contributed by atoms with E-state index in [2.05, 4.69) is 0 Å². The predicted octanol–water partition coefficient (Wildman–Crippen LogP) is 1.63. The van der Waals surface area contributed by atoms with Crippen LogP contribution in [0.2, 0.25) is 0 Å². The van der Waals surface area contributed by atoms with Crippen LogP contribution >= 0.6 is 7.80 Å². The fourth-order valence-electron chi connectivity index (χ4n) is 0.494. The van der Waals surface area contributed by atoms with Gasteiger partial charge in [0.2, 0.25) is 0 Å². The lowest BCUT2D eigenvalue weighted by Crippen LogP contribution is -1.69. The minimum Gasteiger partial charge on any atom is -0.322 e. The summed E-state index contributed by atoms with van der Waals surface area (Å²) >= 11 is 0. The van der Waals surface area contributed by atoms with Crippen molar-refractivity contribution in [3.8, 4) is 0 Å². The van der Waals surface area contributed by atoms with E-state index in [0.717, 1.165) is 6.16 Å². The summed E-state index contributed by atoms with van der Waals surface area (Å²) in [6, 6.07) is 0. The van der Waals surface area contributed by atoms with Gasteiger partial charge in [-0.15, -0.1) is 0 Å². The number of allylic oxidation sites excluding steroid dienone is 3. The first-order chi connectivity index (χ1) is 3.39. The molecule has 0 fully saturated rings. The van der Waals surface area contributed by atoms with Crippen molar-refractivity contribution in [3.63, 3.8) is 0 Å². The van der Waals surface area contributed by atoms with Gasteiger partial charge in [-0.2, -0.15) is 0 Å². The van der Waals surface area contributed by atoms with Crippen LogP contribution in [0.5, 0.6) is 0 Å². The maximum Gasteiger partial charge on any atom is 0.100 e. The third-order valence-corrected chi connectivity index (χ3v) is 2.05. The van der Waals surface area contributed by atoms with Crippen LogP contribution in [0.15, 0.2) is 24.0 Å².